The number of hydrogen-bond acceptors (Lipinski definition) is 15. The fraction of sp³-hybridized carbons (Fsp3) is 0.671. The van der Waals surface area contributed by atoms with Crippen molar-refractivity contribution in [2.45, 2.75) is 329 Å². The molecule has 0 radical (unpaired) electrons. The standard InChI is InChI=1S/C85H142O17P2/c1-5-9-13-17-21-25-29-33-37-38-39-40-44-46-50-54-58-62-66-70-83(88)96-76-81(102-85(90)72-68-64-60-56-52-48-43-36-32-28-24-20-16-12-8-4)78-100-104(93,94)98-74-79(86)73-97-103(91,92)99-77-80(101-84(89)71-67-63-59-55-51-47-42-35-31-27-23-19-15-11-7-3)75-95-82(87)69-65-61-57-53-49-45-41-34-30-26-22-18-14-10-6-2/h9-10,13-14,21-22,24-26,28,33-34,36-37,39-41,43,46,49-50,53,58,62,79-81,86H,5-8,11-12,15-20,23,27,29-32,35,38,42,44-45,47-48,51-52,54-57,59-61,63-78H2,1-4H3,(H,91,92)(H,93,94)/b13-9-,14-10-,25-21-,26-22-,28-24-,37-33-,40-39-,41-34-,43-36-,50-46-,53-49-,62-58-. The first-order valence-electron chi connectivity index (χ1n) is 40.1. The highest BCUT2D eigenvalue weighted by molar-refractivity contribution is 7.47. The predicted octanol–water partition coefficient (Wildman–Crippen LogP) is 23.4. The van der Waals surface area contributed by atoms with Crippen molar-refractivity contribution < 1.29 is 80.2 Å². The molecule has 0 spiro atoms. The zero-order chi connectivity index (χ0) is 76.0. The first-order valence-corrected chi connectivity index (χ1v) is 43.1. The fourth-order valence-corrected chi connectivity index (χ4v) is 11.8. The van der Waals surface area contributed by atoms with Gasteiger partial charge in [-0.3, -0.25) is 37.3 Å². The topological polar surface area (TPSA) is 237 Å². The Bertz CT molecular complexity index is 2540. The van der Waals surface area contributed by atoms with Gasteiger partial charge in [0.1, 0.15) is 19.3 Å². The summed E-state index contributed by atoms with van der Waals surface area (Å²) in [5.41, 5.74) is 0. The summed E-state index contributed by atoms with van der Waals surface area (Å²) >= 11 is 0. The van der Waals surface area contributed by atoms with Crippen molar-refractivity contribution in [3.63, 3.8) is 0 Å². The van der Waals surface area contributed by atoms with Gasteiger partial charge in [0.15, 0.2) is 12.2 Å². The smallest absolute Gasteiger partial charge is 0.462 e. The van der Waals surface area contributed by atoms with Crippen molar-refractivity contribution in [1.82, 2.24) is 0 Å². The Morgan fingerprint density at radius 1 is 0.279 bits per heavy atom. The van der Waals surface area contributed by atoms with Crippen LogP contribution in [-0.2, 0) is 65.4 Å². The Hall–Kier alpha value is -5.06. The summed E-state index contributed by atoms with van der Waals surface area (Å²) in [6, 6.07) is 0. The molecule has 19 heteroatoms. The number of phosphoric ester groups is 2. The van der Waals surface area contributed by atoms with Crippen LogP contribution in [0.3, 0.4) is 0 Å². The van der Waals surface area contributed by atoms with Gasteiger partial charge < -0.3 is 33.8 Å². The SMILES string of the molecule is CC/C=C\C/C=C\C/C=C\C/C=C\C/C=C\C/C=C\CCC(=O)OCC(COP(=O)(O)OCC(O)COP(=O)(O)OCC(COC(=O)CCCC/C=C\C/C=C\C/C=C\C/C=C\CC)OC(=O)CCCCCCCCCCCCCCCCC)OC(=O)CCCCCCC/C=C\C/C=C\CCCCC. The summed E-state index contributed by atoms with van der Waals surface area (Å²) in [4.78, 5) is 73.0. The molecule has 5 atom stereocenters. The first kappa shape index (κ1) is 98.9. The first-order chi connectivity index (χ1) is 50.7. The normalized spacial score (nSPS) is 14.6. The quantitative estimate of drug-likeness (QED) is 0.0169. The van der Waals surface area contributed by atoms with Gasteiger partial charge in [-0.15, -0.1) is 0 Å². The van der Waals surface area contributed by atoms with Crippen LogP contribution in [0.4, 0.5) is 0 Å². The minimum Gasteiger partial charge on any atom is -0.462 e. The van der Waals surface area contributed by atoms with E-state index in [1.807, 2.05) is 18.2 Å². The molecular weight excluding hydrogens is 1350 g/mol. The van der Waals surface area contributed by atoms with E-state index in [0.717, 1.165) is 141 Å². The van der Waals surface area contributed by atoms with Crippen LogP contribution in [0.1, 0.15) is 310 Å². The molecule has 0 heterocycles. The number of rotatable bonds is 74. The van der Waals surface area contributed by atoms with Crippen molar-refractivity contribution in [2.24, 2.45) is 0 Å². The summed E-state index contributed by atoms with van der Waals surface area (Å²) in [6.45, 7) is 4.48. The van der Waals surface area contributed by atoms with E-state index in [0.29, 0.717) is 32.1 Å². The molecule has 0 rings (SSSR count). The molecule has 0 saturated carbocycles. The van der Waals surface area contributed by atoms with Crippen LogP contribution in [0, 0.1) is 0 Å². The second-order valence-corrected chi connectivity index (χ2v) is 29.2. The van der Waals surface area contributed by atoms with Crippen LogP contribution in [-0.4, -0.2) is 96.7 Å². The number of aliphatic hydroxyl groups is 1. The molecule has 104 heavy (non-hydrogen) atoms. The lowest BCUT2D eigenvalue weighted by atomic mass is 10.0. The van der Waals surface area contributed by atoms with Gasteiger partial charge >= 0.3 is 39.5 Å². The van der Waals surface area contributed by atoms with E-state index in [9.17, 15) is 43.2 Å². The van der Waals surface area contributed by atoms with Crippen molar-refractivity contribution in [3.05, 3.63) is 146 Å². The molecule has 0 aromatic rings. The molecule has 0 aliphatic rings. The Morgan fingerprint density at radius 3 is 0.865 bits per heavy atom. The number of carbonyl (C=O) groups excluding carboxylic acids is 4. The van der Waals surface area contributed by atoms with Crippen LogP contribution in [0.15, 0.2) is 146 Å². The number of aliphatic hydroxyl groups excluding tert-OH is 1. The Balaban J connectivity index is 5.47. The number of unbranched alkanes of at least 4 members (excludes halogenated alkanes) is 24. The molecule has 0 aliphatic heterocycles. The third-order valence-corrected chi connectivity index (χ3v) is 18.2. The highest BCUT2D eigenvalue weighted by Crippen LogP contribution is 2.45. The fourth-order valence-electron chi connectivity index (χ4n) is 10.3. The van der Waals surface area contributed by atoms with Gasteiger partial charge in [0.05, 0.1) is 26.4 Å². The average molecular weight is 1500 g/mol. The Labute approximate surface area is 630 Å². The minimum atomic E-state index is -5.00. The van der Waals surface area contributed by atoms with Gasteiger partial charge in [-0.25, -0.2) is 9.13 Å². The van der Waals surface area contributed by atoms with Crippen LogP contribution < -0.4 is 0 Å². The van der Waals surface area contributed by atoms with Crippen LogP contribution in [0.5, 0.6) is 0 Å². The van der Waals surface area contributed by atoms with E-state index in [-0.39, 0.29) is 25.7 Å². The second kappa shape index (κ2) is 76.1. The number of ether oxygens (including phenoxy) is 4. The van der Waals surface area contributed by atoms with Gasteiger partial charge in [-0.05, 0) is 135 Å². The largest absolute Gasteiger partial charge is 0.472 e. The highest BCUT2D eigenvalue weighted by Gasteiger charge is 2.30. The number of esters is 4. The molecule has 0 amide bonds. The van der Waals surface area contributed by atoms with Crippen LogP contribution in [0.2, 0.25) is 0 Å². The van der Waals surface area contributed by atoms with Crippen LogP contribution >= 0.6 is 15.6 Å². The lowest BCUT2D eigenvalue weighted by Crippen LogP contribution is -2.30. The molecule has 0 aliphatic carbocycles. The van der Waals surface area contributed by atoms with E-state index in [1.165, 1.54) is 83.5 Å². The van der Waals surface area contributed by atoms with E-state index < -0.39 is 97.5 Å². The molecular formula is C85H142O17P2. The van der Waals surface area contributed by atoms with E-state index >= 15 is 0 Å². The maximum absolute atomic E-state index is 13.1. The third-order valence-electron chi connectivity index (χ3n) is 16.3. The van der Waals surface area contributed by atoms with Crippen molar-refractivity contribution >= 4 is 39.5 Å². The molecule has 5 unspecified atom stereocenters. The molecule has 0 bridgehead atoms. The molecule has 0 aromatic carbocycles. The number of allylic oxidation sites excluding steroid dienone is 24. The minimum absolute atomic E-state index is 0.0288. The maximum atomic E-state index is 13.1. The van der Waals surface area contributed by atoms with Crippen molar-refractivity contribution in [3.8, 4) is 0 Å². The molecule has 594 valence electrons. The van der Waals surface area contributed by atoms with Gasteiger partial charge in [-0.1, -0.05) is 296 Å². The summed E-state index contributed by atoms with van der Waals surface area (Å²) in [7, 11) is -10.00. The molecule has 17 nitrogen and oxygen atoms in total. The zero-order valence-corrected chi connectivity index (χ0v) is 66.7. The van der Waals surface area contributed by atoms with E-state index in [4.69, 9.17) is 37.0 Å². The van der Waals surface area contributed by atoms with E-state index in [1.54, 1.807) is 0 Å². The zero-order valence-electron chi connectivity index (χ0n) is 64.9. The summed E-state index contributed by atoms with van der Waals surface area (Å²) in [5.74, 6) is -2.33. The number of carbonyl (C=O) groups is 4. The molecule has 3 N–H and O–H groups in total. The molecule has 0 aromatic heterocycles. The summed E-state index contributed by atoms with van der Waals surface area (Å²) in [6.07, 6.45) is 87.0. The van der Waals surface area contributed by atoms with Gasteiger partial charge in [0, 0.05) is 25.7 Å². The van der Waals surface area contributed by atoms with Crippen molar-refractivity contribution in [1.29, 1.82) is 0 Å². The van der Waals surface area contributed by atoms with Gasteiger partial charge in [0.25, 0.3) is 0 Å². The third kappa shape index (κ3) is 75.2. The number of phosphoric acid groups is 2. The predicted molar refractivity (Wildman–Crippen MR) is 427 cm³/mol. The lowest BCUT2D eigenvalue weighted by molar-refractivity contribution is -0.161. The molecule has 0 fully saturated rings. The van der Waals surface area contributed by atoms with Gasteiger partial charge in [-0.2, -0.15) is 0 Å². The van der Waals surface area contributed by atoms with Crippen LogP contribution in [0.25, 0.3) is 0 Å². The summed E-state index contributed by atoms with van der Waals surface area (Å²) < 4.78 is 68.5. The van der Waals surface area contributed by atoms with Gasteiger partial charge in [0.2, 0.25) is 0 Å². The van der Waals surface area contributed by atoms with Crippen molar-refractivity contribution in [2.75, 3.05) is 39.6 Å². The Morgan fingerprint density at radius 2 is 0.519 bits per heavy atom. The maximum Gasteiger partial charge on any atom is 0.472 e. The second-order valence-electron chi connectivity index (χ2n) is 26.2. The lowest BCUT2D eigenvalue weighted by Gasteiger charge is -2.21. The highest BCUT2D eigenvalue weighted by atomic mass is 31.2. The van der Waals surface area contributed by atoms with E-state index in [2.05, 4.69) is 155 Å². The Kier molecular flexibility index (Phi) is 72.4. The monoisotopic (exact) mass is 1500 g/mol. The molecule has 0 saturated heterocycles. The summed E-state index contributed by atoms with van der Waals surface area (Å²) in [5, 5.41) is 10.6. The average Bonchev–Trinajstić information content (AvgIpc) is 0.918. The number of hydrogen-bond donors (Lipinski definition) is 3.